The molecule has 0 amide bonds. The highest BCUT2D eigenvalue weighted by Gasteiger charge is 2.37. The maximum atomic E-state index is 7.07. The summed E-state index contributed by atoms with van der Waals surface area (Å²) in [6, 6.07) is 59.8. The first kappa shape index (κ1) is 45.7. The molecule has 0 N–H and O–H groups in total. The maximum Gasteiger partial charge on any atom is 0.137 e. The van der Waals surface area contributed by atoms with E-state index in [2.05, 4.69) is 261 Å². The molecule has 348 valence electrons. The summed E-state index contributed by atoms with van der Waals surface area (Å²) >= 11 is 0. The number of aromatic nitrogens is 2. The van der Waals surface area contributed by atoms with Crippen molar-refractivity contribution in [3.8, 4) is 39.6 Å². The van der Waals surface area contributed by atoms with E-state index in [1.807, 2.05) is 6.20 Å². The molecule has 3 heterocycles. The molecule has 0 bridgehead atoms. The second kappa shape index (κ2) is 16.8. The van der Waals surface area contributed by atoms with Crippen LogP contribution in [0, 0.1) is 0 Å². The summed E-state index contributed by atoms with van der Waals surface area (Å²) in [7, 11) is 0. The summed E-state index contributed by atoms with van der Waals surface area (Å²) < 4.78 is 9.36. The quantitative estimate of drug-likeness (QED) is 0.160. The summed E-state index contributed by atoms with van der Waals surface area (Å²) in [5.41, 5.74) is 16.4. The SMILES string of the molecule is CC(C)(C)c1cc(Oc2ccc3c4ccccc4n(-c4cc(C(C)(C)C)ccn4)c3c2)cc(N2CN(c3c(-c4ccccc4)c(C(C)(C)C)cc(C(C)(C)C)c3-c3ccccc3)c3ccccc32)c1. The standard InChI is InChI=1S/C64H66N4O/c1-61(2,3)44-33-34-65-57(37-44)68-53-28-20-19-27-49(53)50-32-31-47(39-56(50)68)69-48-36-45(62(4,5)6)35-46(38-48)66-41-67(55-30-22-21-29-54(55)66)60-58(42-23-15-13-16-24-42)51(63(7,8)9)40-52(64(10,11)12)59(60)43-25-17-14-18-26-43/h13-40H,41H2,1-12H3. The third-order valence-electron chi connectivity index (χ3n) is 13.8. The Morgan fingerprint density at radius 1 is 0.435 bits per heavy atom. The van der Waals surface area contributed by atoms with E-state index in [0.717, 1.165) is 45.1 Å². The van der Waals surface area contributed by atoms with Gasteiger partial charge in [-0.1, -0.05) is 180 Å². The van der Waals surface area contributed by atoms with Crippen LogP contribution in [0.15, 0.2) is 170 Å². The molecule has 0 saturated heterocycles. The first-order chi connectivity index (χ1) is 32.8. The minimum absolute atomic E-state index is 0.0203. The van der Waals surface area contributed by atoms with E-state index in [4.69, 9.17) is 9.72 Å². The summed E-state index contributed by atoms with van der Waals surface area (Å²) in [6.07, 6.45) is 1.93. The lowest BCUT2D eigenvalue weighted by Crippen LogP contribution is -2.28. The van der Waals surface area contributed by atoms with E-state index >= 15 is 0 Å². The van der Waals surface area contributed by atoms with Gasteiger partial charge >= 0.3 is 0 Å². The number of rotatable bonds is 7. The van der Waals surface area contributed by atoms with Crippen molar-refractivity contribution in [3.05, 3.63) is 192 Å². The second-order valence-corrected chi connectivity index (χ2v) is 23.0. The van der Waals surface area contributed by atoms with E-state index < -0.39 is 0 Å². The van der Waals surface area contributed by atoms with Gasteiger partial charge in [0.25, 0.3) is 0 Å². The van der Waals surface area contributed by atoms with Crippen molar-refractivity contribution in [3.63, 3.8) is 0 Å². The fourth-order valence-corrected chi connectivity index (χ4v) is 10.2. The highest BCUT2D eigenvalue weighted by molar-refractivity contribution is 6.09. The number of para-hydroxylation sites is 3. The number of benzene rings is 7. The lowest BCUT2D eigenvalue weighted by atomic mass is 9.73. The molecule has 0 unspecified atom stereocenters. The molecule has 0 fully saturated rings. The van der Waals surface area contributed by atoms with Crippen molar-refractivity contribution in [2.75, 3.05) is 16.5 Å². The summed E-state index contributed by atoms with van der Waals surface area (Å²) in [5, 5.41) is 2.35. The Balaban J connectivity index is 1.15. The van der Waals surface area contributed by atoms with Crippen molar-refractivity contribution >= 4 is 44.6 Å². The van der Waals surface area contributed by atoms with Gasteiger partial charge < -0.3 is 14.5 Å². The van der Waals surface area contributed by atoms with Crippen LogP contribution >= 0.6 is 0 Å². The molecule has 1 aliphatic rings. The second-order valence-electron chi connectivity index (χ2n) is 23.0. The molecule has 5 nitrogen and oxygen atoms in total. The number of pyridine rings is 1. The molecule has 0 saturated carbocycles. The van der Waals surface area contributed by atoms with Gasteiger partial charge in [-0.05, 0) is 110 Å². The predicted octanol–water partition coefficient (Wildman–Crippen LogP) is 17.7. The molecule has 0 aliphatic carbocycles. The lowest BCUT2D eigenvalue weighted by Gasteiger charge is -2.36. The average Bonchev–Trinajstić information content (AvgIpc) is 3.86. The average molecular weight is 907 g/mol. The van der Waals surface area contributed by atoms with Crippen LogP contribution in [0.5, 0.6) is 11.5 Å². The van der Waals surface area contributed by atoms with E-state index in [1.54, 1.807) is 0 Å². The van der Waals surface area contributed by atoms with Crippen molar-refractivity contribution < 1.29 is 4.74 Å². The number of fused-ring (bicyclic) bond motifs is 4. The normalized spacial score (nSPS) is 13.4. The third-order valence-corrected chi connectivity index (χ3v) is 13.8. The molecule has 10 rings (SSSR count). The molecule has 0 atom stereocenters. The van der Waals surface area contributed by atoms with Crippen LogP contribution in [0.4, 0.5) is 22.7 Å². The van der Waals surface area contributed by atoms with E-state index in [0.29, 0.717) is 6.67 Å². The summed E-state index contributed by atoms with van der Waals surface area (Å²) in [4.78, 5) is 10.0. The Morgan fingerprint density at radius 3 is 1.58 bits per heavy atom. The molecular formula is C64H66N4O. The molecule has 7 aromatic carbocycles. The largest absolute Gasteiger partial charge is 0.457 e. The van der Waals surface area contributed by atoms with Gasteiger partial charge in [-0.2, -0.15) is 0 Å². The zero-order chi connectivity index (χ0) is 48.6. The molecule has 5 heteroatoms. The van der Waals surface area contributed by atoms with Crippen LogP contribution in [0.3, 0.4) is 0 Å². The van der Waals surface area contributed by atoms with Gasteiger partial charge in [0, 0.05) is 45.9 Å². The molecule has 2 aromatic heterocycles. The fraction of sp³-hybridized carbons (Fsp3) is 0.266. The predicted molar refractivity (Wildman–Crippen MR) is 293 cm³/mol. The molecule has 69 heavy (non-hydrogen) atoms. The highest BCUT2D eigenvalue weighted by Crippen LogP contribution is 2.55. The van der Waals surface area contributed by atoms with Crippen LogP contribution in [0.25, 0.3) is 49.9 Å². The molecular weight excluding hydrogens is 841 g/mol. The van der Waals surface area contributed by atoms with Crippen LogP contribution < -0.4 is 14.5 Å². The van der Waals surface area contributed by atoms with Crippen LogP contribution in [0.1, 0.15) is 105 Å². The van der Waals surface area contributed by atoms with Crippen molar-refractivity contribution in [1.29, 1.82) is 0 Å². The van der Waals surface area contributed by atoms with Crippen molar-refractivity contribution in [1.82, 2.24) is 9.55 Å². The maximum absolute atomic E-state index is 7.07. The van der Waals surface area contributed by atoms with Crippen LogP contribution in [-0.2, 0) is 21.7 Å². The van der Waals surface area contributed by atoms with Gasteiger partial charge in [-0.3, -0.25) is 4.57 Å². The minimum Gasteiger partial charge on any atom is -0.457 e. The van der Waals surface area contributed by atoms with E-state index in [9.17, 15) is 0 Å². The first-order valence-electron chi connectivity index (χ1n) is 24.6. The van der Waals surface area contributed by atoms with Gasteiger partial charge in [0.05, 0.1) is 28.1 Å². The van der Waals surface area contributed by atoms with Gasteiger partial charge in [-0.15, -0.1) is 0 Å². The molecule has 1 aliphatic heterocycles. The number of hydrogen-bond donors (Lipinski definition) is 0. The Labute approximate surface area is 410 Å². The minimum atomic E-state index is -0.156. The monoisotopic (exact) mass is 907 g/mol. The topological polar surface area (TPSA) is 33.5 Å². The third kappa shape index (κ3) is 8.47. The van der Waals surface area contributed by atoms with Gasteiger partial charge in [0.15, 0.2) is 0 Å². The van der Waals surface area contributed by atoms with Gasteiger partial charge in [0.1, 0.15) is 24.0 Å². The molecule has 0 spiro atoms. The Kier molecular flexibility index (Phi) is 11.1. The molecule has 9 aromatic rings. The highest BCUT2D eigenvalue weighted by atomic mass is 16.5. The first-order valence-corrected chi connectivity index (χ1v) is 24.6. The lowest BCUT2D eigenvalue weighted by molar-refractivity contribution is 0.479. The zero-order valence-corrected chi connectivity index (χ0v) is 42.6. The fourth-order valence-electron chi connectivity index (χ4n) is 10.2. The Morgan fingerprint density at radius 2 is 0.986 bits per heavy atom. The Hall–Kier alpha value is -7.11. The number of nitrogens with zero attached hydrogens (tertiary/aromatic N) is 4. The molecule has 0 radical (unpaired) electrons. The number of ether oxygens (including phenoxy) is 1. The smallest absolute Gasteiger partial charge is 0.137 e. The van der Waals surface area contributed by atoms with Crippen LogP contribution in [0.2, 0.25) is 0 Å². The van der Waals surface area contributed by atoms with Gasteiger partial charge in [0.2, 0.25) is 0 Å². The Bertz CT molecular complexity index is 3300. The van der Waals surface area contributed by atoms with Crippen molar-refractivity contribution in [2.45, 2.75) is 105 Å². The van der Waals surface area contributed by atoms with Crippen molar-refractivity contribution in [2.24, 2.45) is 0 Å². The van der Waals surface area contributed by atoms with Crippen LogP contribution in [-0.4, -0.2) is 16.2 Å². The van der Waals surface area contributed by atoms with Gasteiger partial charge in [-0.25, -0.2) is 4.98 Å². The number of anilines is 4. The van der Waals surface area contributed by atoms with E-state index in [-0.39, 0.29) is 21.7 Å². The zero-order valence-electron chi connectivity index (χ0n) is 42.6. The van der Waals surface area contributed by atoms with E-state index in [1.165, 1.54) is 61.3 Å². The number of hydrogen-bond acceptors (Lipinski definition) is 4. The summed E-state index contributed by atoms with van der Waals surface area (Å²) in [6.45, 7) is 28.4. The summed E-state index contributed by atoms with van der Waals surface area (Å²) in [5.74, 6) is 2.46.